The molecule has 6 amide bonds. The van der Waals surface area contributed by atoms with E-state index in [1.807, 2.05) is 130 Å². The van der Waals surface area contributed by atoms with Crippen LogP contribution in [0.4, 0.5) is 17.1 Å². The third kappa shape index (κ3) is 16.2. The Labute approximate surface area is 577 Å². The van der Waals surface area contributed by atoms with Crippen LogP contribution >= 0.6 is 0 Å². The summed E-state index contributed by atoms with van der Waals surface area (Å²) in [6.07, 6.45) is 5.30. The lowest BCUT2D eigenvalue weighted by Crippen LogP contribution is -2.46. The summed E-state index contributed by atoms with van der Waals surface area (Å²) in [5.74, 6) is -0.909. The van der Waals surface area contributed by atoms with Crippen molar-refractivity contribution in [2.45, 2.75) is 83.3 Å². The number of pyridine rings is 3. The van der Waals surface area contributed by atoms with Crippen molar-refractivity contribution in [2.24, 2.45) is 0 Å². The predicted octanol–water partition coefficient (Wildman–Crippen LogP) is 11.2. The number of anilines is 3. The van der Waals surface area contributed by atoms with E-state index >= 15 is 0 Å². The fourth-order valence-electron chi connectivity index (χ4n) is 12.7. The van der Waals surface area contributed by atoms with Crippen LogP contribution in [0.25, 0.3) is 32.7 Å². The second-order valence-corrected chi connectivity index (χ2v) is 24.7. The van der Waals surface area contributed by atoms with E-state index in [0.717, 1.165) is 83.2 Å². The molecule has 0 fully saturated rings. The van der Waals surface area contributed by atoms with Crippen LogP contribution < -0.4 is 46.1 Å². The topological polar surface area (TPSA) is 288 Å². The standard InChI is InChI=1S/C79H76N12O9/c1-46-61(64-40-58(98-4)28-31-67(64)83-46)43-73(92)89-70(37-55-13-7-10-34-80-55)77(95)86-52-22-16-49(17-23-52)76(50-18-24-53(25-19-50)87-78(96)71(38-56-14-8-11-35-81-56)90-74(93)44-62-47(2)84-68-32-29-59(99-5)41-65(62)68)51-20-26-54(27-21-51)88-79(97)72(39-57-15-9-12-36-82-57)91-75(94)45-63-48(3)85-69-33-30-60(100-6)42-66(63)69/h7-36,40-42,70-72,76,83-85H,37-39,43-45H2,1-6H3,(H,86,95)(H,87,96)(H,88,97)(H,89,92)(H,90,93)(H,91,94)/t70-,71-,72-/m0/s1. The second-order valence-electron chi connectivity index (χ2n) is 24.7. The van der Waals surface area contributed by atoms with Crippen LogP contribution in [0.2, 0.25) is 0 Å². The number of rotatable bonds is 27. The van der Waals surface area contributed by atoms with Crippen molar-refractivity contribution in [1.29, 1.82) is 0 Å². The van der Waals surface area contributed by atoms with Crippen molar-refractivity contribution < 1.29 is 43.0 Å². The van der Waals surface area contributed by atoms with Gasteiger partial charge in [-0.2, -0.15) is 0 Å². The smallest absolute Gasteiger partial charge is 0.247 e. The molecule has 12 aromatic rings. The van der Waals surface area contributed by atoms with E-state index in [0.29, 0.717) is 51.4 Å². The first-order valence-electron chi connectivity index (χ1n) is 32.8. The normalized spacial score (nSPS) is 12.2. The van der Waals surface area contributed by atoms with Gasteiger partial charge in [0.05, 0.1) is 40.6 Å². The highest BCUT2D eigenvalue weighted by Crippen LogP contribution is 2.36. The predicted molar refractivity (Wildman–Crippen MR) is 386 cm³/mol. The zero-order chi connectivity index (χ0) is 69.8. The number of benzene rings is 6. The molecule has 6 aromatic carbocycles. The lowest BCUT2D eigenvalue weighted by Gasteiger charge is -2.22. The summed E-state index contributed by atoms with van der Waals surface area (Å²) >= 11 is 0. The fraction of sp³-hybridized carbons (Fsp3) is 0.203. The molecular formula is C79H76N12O9. The molecule has 0 saturated carbocycles. The van der Waals surface area contributed by atoms with Gasteiger partial charge in [0.15, 0.2) is 0 Å². The number of hydrogen-bond acceptors (Lipinski definition) is 12. The quantitative estimate of drug-likeness (QED) is 0.0217. The average Bonchev–Trinajstić information content (AvgIpc) is 1.19. The molecule has 0 aliphatic rings. The first-order chi connectivity index (χ1) is 48.5. The summed E-state index contributed by atoms with van der Waals surface area (Å²) in [7, 11) is 4.77. The van der Waals surface area contributed by atoms with Crippen molar-refractivity contribution in [3.8, 4) is 17.2 Å². The van der Waals surface area contributed by atoms with Gasteiger partial charge in [0.1, 0.15) is 35.4 Å². The molecule has 0 spiro atoms. The first-order valence-corrected chi connectivity index (χ1v) is 32.8. The van der Waals surface area contributed by atoms with E-state index in [2.05, 4.69) is 61.8 Å². The number of aromatic amines is 3. The van der Waals surface area contributed by atoms with E-state index in [9.17, 15) is 28.8 Å². The largest absolute Gasteiger partial charge is 0.497 e. The number of ether oxygens (including phenoxy) is 3. The molecule has 12 rings (SSSR count). The minimum Gasteiger partial charge on any atom is -0.497 e. The van der Waals surface area contributed by atoms with Crippen LogP contribution in [0.5, 0.6) is 17.2 Å². The third-order valence-corrected chi connectivity index (χ3v) is 17.9. The van der Waals surface area contributed by atoms with Crippen LogP contribution in [-0.2, 0) is 67.3 Å². The molecule has 0 unspecified atom stereocenters. The Balaban J connectivity index is 0.803. The van der Waals surface area contributed by atoms with Gasteiger partial charge in [-0.3, -0.25) is 43.7 Å². The van der Waals surface area contributed by atoms with Crippen LogP contribution in [0, 0.1) is 20.8 Å². The fourth-order valence-corrected chi connectivity index (χ4v) is 12.7. The molecule has 6 heterocycles. The van der Waals surface area contributed by atoms with Gasteiger partial charge in [0.2, 0.25) is 35.4 Å². The number of carbonyl (C=O) groups is 6. The lowest BCUT2D eigenvalue weighted by atomic mass is 9.85. The summed E-state index contributed by atoms with van der Waals surface area (Å²) in [6, 6.07) is 52.4. The second kappa shape index (κ2) is 30.8. The van der Waals surface area contributed by atoms with Gasteiger partial charge in [-0.1, -0.05) is 54.6 Å². The van der Waals surface area contributed by atoms with Crippen LogP contribution in [0.1, 0.15) is 73.5 Å². The number of carbonyl (C=O) groups excluding carboxylic acids is 6. The molecule has 3 atom stereocenters. The number of methoxy groups -OCH3 is 3. The highest BCUT2D eigenvalue weighted by molar-refractivity contribution is 6.01. The molecular weight excluding hydrogens is 1260 g/mol. The van der Waals surface area contributed by atoms with E-state index in [4.69, 9.17) is 14.2 Å². The Morgan fingerprint density at radius 1 is 0.370 bits per heavy atom. The van der Waals surface area contributed by atoms with Crippen molar-refractivity contribution in [2.75, 3.05) is 37.3 Å². The Morgan fingerprint density at radius 3 is 0.900 bits per heavy atom. The number of fused-ring (bicyclic) bond motifs is 3. The molecule has 506 valence electrons. The van der Waals surface area contributed by atoms with Gasteiger partial charge >= 0.3 is 0 Å². The number of hydrogen-bond donors (Lipinski definition) is 9. The molecule has 0 aliphatic carbocycles. The summed E-state index contributed by atoms with van der Waals surface area (Å²) < 4.78 is 16.5. The molecule has 0 radical (unpaired) electrons. The van der Waals surface area contributed by atoms with E-state index in [1.165, 1.54) is 0 Å². The van der Waals surface area contributed by atoms with Crippen molar-refractivity contribution in [1.82, 2.24) is 45.9 Å². The molecule has 0 bridgehead atoms. The average molecular weight is 1340 g/mol. The van der Waals surface area contributed by atoms with Crippen LogP contribution in [0.15, 0.2) is 201 Å². The van der Waals surface area contributed by atoms with Gasteiger partial charge in [0.25, 0.3) is 0 Å². The summed E-state index contributed by atoms with van der Waals surface area (Å²) in [5, 5.41) is 20.7. The number of nitrogens with one attached hydrogen (secondary N) is 9. The number of aryl methyl sites for hydroxylation is 3. The molecule has 9 N–H and O–H groups in total. The maximum absolute atomic E-state index is 14.5. The Kier molecular flexibility index (Phi) is 20.8. The zero-order valence-corrected chi connectivity index (χ0v) is 56.1. The summed E-state index contributed by atoms with van der Waals surface area (Å²) in [4.78, 5) is 109. The van der Waals surface area contributed by atoms with Crippen LogP contribution in [-0.4, -0.2) is 105 Å². The van der Waals surface area contributed by atoms with E-state index in [-0.39, 0.29) is 56.2 Å². The number of aromatic nitrogens is 6. The molecule has 21 heteroatoms. The van der Waals surface area contributed by atoms with Crippen molar-refractivity contribution in [3.05, 3.63) is 268 Å². The summed E-state index contributed by atoms with van der Waals surface area (Å²) in [6.45, 7) is 5.72. The third-order valence-electron chi connectivity index (χ3n) is 17.9. The van der Waals surface area contributed by atoms with Crippen molar-refractivity contribution >= 4 is 85.2 Å². The Morgan fingerprint density at radius 2 is 0.650 bits per heavy atom. The minimum atomic E-state index is -1.00. The van der Waals surface area contributed by atoms with Crippen LogP contribution in [0.3, 0.4) is 0 Å². The Hall–Kier alpha value is -12.4. The van der Waals surface area contributed by atoms with Crippen molar-refractivity contribution in [3.63, 3.8) is 0 Å². The molecule has 0 saturated heterocycles. The van der Waals surface area contributed by atoms with Gasteiger partial charge in [-0.25, -0.2) is 0 Å². The van der Waals surface area contributed by atoms with Gasteiger partial charge in [-0.05, 0) is 182 Å². The lowest BCUT2D eigenvalue weighted by molar-refractivity contribution is -0.126. The summed E-state index contributed by atoms with van der Waals surface area (Å²) in [5.41, 5.74) is 13.1. The molecule has 0 aliphatic heterocycles. The molecule has 21 nitrogen and oxygen atoms in total. The highest BCUT2D eigenvalue weighted by Gasteiger charge is 2.29. The van der Waals surface area contributed by atoms with Gasteiger partial charge < -0.3 is 61.1 Å². The SMILES string of the molecule is COc1ccc2[nH]c(C)c(CC(=O)N[C@@H](Cc3ccccn3)C(=O)Nc3ccc(C(c4ccc(NC(=O)[C@H](Cc5ccccn5)NC(=O)Cc5c(C)[nH]c6ccc(OC)cc56)cc4)c4ccc(NC(=O)[C@H](Cc5ccccn5)NC(=O)Cc5c(C)[nH]c6ccc(OC)cc56)cc4)cc3)c2c1. The van der Waals surface area contributed by atoms with Gasteiger partial charge in [-0.15, -0.1) is 0 Å². The molecule has 6 aromatic heterocycles. The minimum absolute atomic E-state index is 0.00463. The van der Waals surface area contributed by atoms with E-state index in [1.54, 1.807) is 113 Å². The first kappa shape index (κ1) is 67.6. The number of H-pyrrole nitrogens is 3. The highest BCUT2D eigenvalue weighted by atomic mass is 16.5. The maximum atomic E-state index is 14.5. The number of amides is 6. The van der Waals surface area contributed by atoms with E-state index < -0.39 is 41.8 Å². The monoisotopic (exact) mass is 1340 g/mol. The zero-order valence-electron chi connectivity index (χ0n) is 56.1. The maximum Gasteiger partial charge on any atom is 0.247 e. The molecule has 100 heavy (non-hydrogen) atoms. The van der Waals surface area contributed by atoms with Gasteiger partial charge in [0, 0.05) is 128 Å². The number of nitrogens with zero attached hydrogens (tertiary/aromatic N) is 3. The Bertz CT molecular complexity index is 4430.